The number of anilines is 1. The molecule has 0 aromatic heterocycles. The van der Waals surface area contributed by atoms with E-state index < -0.39 is 28.5 Å². The molecule has 1 saturated carbocycles. The fourth-order valence-electron chi connectivity index (χ4n) is 4.96. The van der Waals surface area contributed by atoms with Crippen molar-refractivity contribution in [1.82, 2.24) is 10.2 Å². The number of hydrogen-bond donors (Lipinski definition) is 1. The Bertz CT molecular complexity index is 1420. The van der Waals surface area contributed by atoms with Gasteiger partial charge < -0.3 is 10.2 Å². The lowest BCUT2D eigenvalue weighted by Crippen LogP contribution is -2.53. The third-order valence-electron chi connectivity index (χ3n) is 7.08. The van der Waals surface area contributed by atoms with Gasteiger partial charge in [-0.3, -0.25) is 13.9 Å². The van der Waals surface area contributed by atoms with Crippen LogP contribution >= 0.6 is 23.2 Å². The lowest BCUT2D eigenvalue weighted by molar-refractivity contribution is -0.140. The second-order valence-electron chi connectivity index (χ2n) is 9.84. The average molecular weight is 603 g/mol. The Balaban J connectivity index is 1.71. The summed E-state index contributed by atoms with van der Waals surface area (Å²) in [4.78, 5) is 29.0. The van der Waals surface area contributed by atoms with E-state index in [0.717, 1.165) is 35.6 Å². The van der Waals surface area contributed by atoms with Crippen molar-refractivity contribution >= 4 is 50.7 Å². The Labute approximate surface area is 246 Å². The molecule has 3 aromatic carbocycles. The minimum atomic E-state index is -4.17. The van der Waals surface area contributed by atoms with E-state index >= 15 is 0 Å². The summed E-state index contributed by atoms with van der Waals surface area (Å²) in [5, 5.41) is 3.52. The normalized spacial score (nSPS) is 14.5. The van der Waals surface area contributed by atoms with Crippen LogP contribution in [0.2, 0.25) is 10.0 Å². The molecule has 0 saturated heterocycles. The largest absolute Gasteiger partial charge is 0.352 e. The van der Waals surface area contributed by atoms with Crippen LogP contribution in [0.25, 0.3) is 0 Å². The molecule has 0 heterocycles. The van der Waals surface area contributed by atoms with Crippen molar-refractivity contribution in [1.29, 1.82) is 0 Å². The summed E-state index contributed by atoms with van der Waals surface area (Å²) in [6.07, 6.45) is 4.31. The van der Waals surface area contributed by atoms with Crippen molar-refractivity contribution < 1.29 is 18.0 Å². The molecular weight excluding hydrogens is 569 g/mol. The Hall–Kier alpha value is -3.07. The van der Waals surface area contributed by atoms with E-state index in [0.29, 0.717) is 6.42 Å². The number of halogens is 2. The van der Waals surface area contributed by atoms with E-state index in [1.807, 2.05) is 37.3 Å². The zero-order chi connectivity index (χ0) is 28.7. The first-order chi connectivity index (χ1) is 19.2. The van der Waals surface area contributed by atoms with Crippen LogP contribution in [-0.2, 0) is 26.2 Å². The van der Waals surface area contributed by atoms with E-state index in [1.54, 1.807) is 18.2 Å². The van der Waals surface area contributed by atoms with Gasteiger partial charge in [-0.15, -0.1) is 0 Å². The van der Waals surface area contributed by atoms with Gasteiger partial charge in [0.15, 0.2) is 0 Å². The van der Waals surface area contributed by atoms with E-state index in [4.69, 9.17) is 23.2 Å². The molecule has 1 fully saturated rings. The van der Waals surface area contributed by atoms with Gasteiger partial charge in [-0.05, 0) is 55.2 Å². The number of nitrogens with zero attached hydrogens (tertiary/aromatic N) is 2. The molecule has 40 heavy (non-hydrogen) atoms. The Morgan fingerprint density at radius 3 is 2.15 bits per heavy atom. The predicted molar refractivity (Wildman–Crippen MR) is 159 cm³/mol. The van der Waals surface area contributed by atoms with Crippen molar-refractivity contribution in [2.24, 2.45) is 0 Å². The standard InChI is InChI=1S/C30H33Cl2N3O4S/c1-2-28(30(37)33-23-13-9-10-14-23)34(20-22-11-5-3-6-12-22)29(36)21-35(24-17-18-26(31)27(32)19-24)40(38,39)25-15-7-4-8-16-25/h3-8,11-12,15-19,23,28H,2,9-10,13-14,20-21H2,1H3,(H,33,37). The fourth-order valence-corrected chi connectivity index (χ4v) is 6.68. The third-order valence-corrected chi connectivity index (χ3v) is 9.61. The first kappa shape index (κ1) is 29.9. The van der Waals surface area contributed by atoms with Crippen LogP contribution < -0.4 is 9.62 Å². The summed E-state index contributed by atoms with van der Waals surface area (Å²) >= 11 is 12.4. The van der Waals surface area contributed by atoms with Crippen LogP contribution in [0.5, 0.6) is 0 Å². The highest BCUT2D eigenvalue weighted by atomic mass is 35.5. The number of nitrogens with one attached hydrogen (secondary N) is 1. The lowest BCUT2D eigenvalue weighted by atomic mass is 10.1. The maximum Gasteiger partial charge on any atom is 0.264 e. The minimum absolute atomic E-state index is 0.0227. The number of carbonyl (C=O) groups excluding carboxylic acids is 2. The van der Waals surface area contributed by atoms with Crippen LogP contribution in [-0.4, -0.2) is 43.8 Å². The highest BCUT2D eigenvalue weighted by Crippen LogP contribution is 2.31. The quantitative estimate of drug-likeness (QED) is 0.289. The number of amides is 2. The van der Waals surface area contributed by atoms with Crippen molar-refractivity contribution in [2.75, 3.05) is 10.8 Å². The van der Waals surface area contributed by atoms with Crippen molar-refractivity contribution in [3.63, 3.8) is 0 Å². The van der Waals surface area contributed by atoms with Gasteiger partial charge in [0.2, 0.25) is 11.8 Å². The molecule has 0 aliphatic heterocycles. The summed E-state index contributed by atoms with van der Waals surface area (Å²) in [7, 11) is -4.17. The smallest absolute Gasteiger partial charge is 0.264 e. The third kappa shape index (κ3) is 7.16. The number of hydrogen-bond acceptors (Lipinski definition) is 4. The molecule has 1 aliphatic rings. The minimum Gasteiger partial charge on any atom is -0.352 e. The molecule has 3 aromatic rings. The molecule has 0 bridgehead atoms. The van der Waals surface area contributed by atoms with Crippen LogP contribution in [0.15, 0.2) is 83.8 Å². The number of sulfonamides is 1. The van der Waals surface area contributed by atoms with E-state index in [1.165, 1.54) is 35.2 Å². The zero-order valence-electron chi connectivity index (χ0n) is 22.3. The molecule has 2 amide bonds. The van der Waals surface area contributed by atoms with E-state index in [9.17, 15) is 18.0 Å². The maximum atomic E-state index is 14.1. The summed E-state index contributed by atoms with van der Waals surface area (Å²) in [5.41, 5.74) is 1.02. The Kier molecular flexibility index (Phi) is 10.1. The summed E-state index contributed by atoms with van der Waals surface area (Å²) < 4.78 is 28.7. The van der Waals surface area contributed by atoms with Gasteiger partial charge in [0.05, 0.1) is 20.6 Å². The molecule has 1 unspecified atom stereocenters. The Morgan fingerprint density at radius 1 is 0.925 bits per heavy atom. The average Bonchev–Trinajstić information content (AvgIpc) is 3.47. The molecular formula is C30H33Cl2N3O4S. The molecule has 0 radical (unpaired) electrons. The van der Waals surface area contributed by atoms with Crippen LogP contribution in [0.1, 0.15) is 44.6 Å². The monoisotopic (exact) mass is 601 g/mol. The molecule has 1 aliphatic carbocycles. The molecule has 4 rings (SSSR count). The highest BCUT2D eigenvalue weighted by Gasteiger charge is 2.34. The van der Waals surface area contributed by atoms with Crippen molar-refractivity contribution in [2.45, 2.75) is 62.6 Å². The summed E-state index contributed by atoms with van der Waals surface area (Å²) in [6, 6.07) is 20.9. The van der Waals surface area contributed by atoms with Crippen LogP contribution in [0.4, 0.5) is 5.69 Å². The van der Waals surface area contributed by atoms with Gasteiger partial charge in [0, 0.05) is 12.6 Å². The SMILES string of the molecule is CCC(C(=O)NC1CCCC1)N(Cc1ccccc1)C(=O)CN(c1ccc(Cl)c(Cl)c1)S(=O)(=O)c1ccccc1. The first-order valence-corrected chi connectivity index (χ1v) is 15.6. The first-order valence-electron chi connectivity index (χ1n) is 13.4. The second-order valence-corrected chi connectivity index (χ2v) is 12.5. The Morgan fingerprint density at radius 2 is 1.55 bits per heavy atom. The van der Waals surface area contributed by atoms with Crippen LogP contribution in [0, 0.1) is 0 Å². The molecule has 1 atom stereocenters. The van der Waals surface area contributed by atoms with E-state index in [2.05, 4.69) is 5.32 Å². The molecule has 0 spiro atoms. The lowest BCUT2D eigenvalue weighted by Gasteiger charge is -2.33. The topological polar surface area (TPSA) is 86.8 Å². The van der Waals surface area contributed by atoms with E-state index in [-0.39, 0.29) is 39.1 Å². The van der Waals surface area contributed by atoms with Crippen molar-refractivity contribution in [3.8, 4) is 0 Å². The molecule has 1 N–H and O–H groups in total. The molecule has 10 heteroatoms. The van der Waals surface area contributed by atoms with Gasteiger partial charge >= 0.3 is 0 Å². The predicted octanol–water partition coefficient (Wildman–Crippen LogP) is 6.05. The summed E-state index contributed by atoms with van der Waals surface area (Å²) in [6.45, 7) is 1.47. The number of carbonyl (C=O) groups is 2. The highest BCUT2D eigenvalue weighted by molar-refractivity contribution is 7.92. The second kappa shape index (κ2) is 13.5. The number of rotatable bonds is 11. The zero-order valence-corrected chi connectivity index (χ0v) is 24.6. The van der Waals surface area contributed by atoms with Crippen molar-refractivity contribution in [3.05, 3.63) is 94.5 Å². The number of benzene rings is 3. The molecule has 7 nitrogen and oxygen atoms in total. The van der Waals surface area contributed by atoms with Gasteiger partial charge in [-0.2, -0.15) is 0 Å². The maximum absolute atomic E-state index is 14.1. The van der Waals surface area contributed by atoms with Gasteiger partial charge in [-0.25, -0.2) is 8.42 Å². The summed E-state index contributed by atoms with van der Waals surface area (Å²) in [5.74, 6) is -0.742. The van der Waals surface area contributed by atoms with Gasteiger partial charge in [-0.1, -0.05) is 91.5 Å². The van der Waals surface area contributed by atoms with Crippen LogP contribution in [0.3, 0.4) is 0 Å². The molecule has 212 valence electrons. The van der Waals surface area contributed by atoms with Gasteiger partial charge in [0.1, 0.15) is 12.6 Å². The fraction of sp³-hybridized carbons (Fsp3) is 0.333. The van der Waals surface area contributed by atoms with Gasteiger partial charge in [0.25, 0.3) is 10.0 Å².